The summed E-state index contributed by atoms with van der Waals surface area (Å²) in [6, 6.07) is 16.4. The molecule has 0 unspecified atom stereocenters. The number of para-hydroxylation sites is 1. The van der Waals surface area contributed by atoms with Crippen LogP contribution in [0.15, 0.2) is 48.5 Å². The molecule has 0 aromatic heterocycles. The van der Waals surface area contributed by atoms with E-state index in [2.05, 4.69) is 30.4 Å². The van der Waals surface area contributed by atoms with E-state index in [1.165, 1.54) is 16.7 Å². The van der Waals surface area contributed by atoms with Crippen LogP contribution in [-0.4, -0.2) is 24.8 Å². The lowest BCUT2D eigenvalue weighted by Gasteiger charge is -2.10. The van der Waals surface area contributed by atoms with Gasteiger partial charge in [-0.3, -0.25) is 4.79 Å². The number of nitrogens with one attached hydrogen (secondary N) is 1. The van der Waals surface area contributed by atoms with Crippen LogP contribution in [0.25, 0.3) is 0 Å². The number of aryl methyl sites for hydroxylation is 2. The molecule has 4 heteroatoms. The number of thioether (sulfide) groups is 1. The van der Waals surface area contributed by atoms with Crippen molar-refractivity contribution in [2.45, 2.75) is 32.4 Å². The third-order valence-corrected chi connectivity index (χ3v) is 4.95. The second-order valence-electron chi connectivity index (χ2n) is 5.91. The average Bonchev–Trinajstić information content (AvgIpc) is 2.62. The van der Waals surface area contributed by atoms with Crippen LogP contribution in [0.5, 0.6) is 5.75 Å². The molecule has 1 amide bonds. The first-order valence-corrected chi connectivity index (χ1v) is 9.95. The van der Waals surface area contributed by atoms with E-state index in [0.717, 1.165) is 24.3 Å². The minimum atomic E-state index is 0.108. The molecular weight excluding hydrogens is 330 g/mol. The normalized spacial score (nSPS) is 10.5. The van der Waals surface area contributed by atoms with Crippen LogP contribution in [0.1, 0.15) is 30.0 Å². The van der Waals surface area contributed by atoms with Gasteiger partial charge in [-0.2, -0.15) is 0 Å². The SMILES string of the molecule is CCOc1ccccc1CCCNC(=O)CSCc1ccccc1C. The number of carbonyl (C=O) groups is 1. The lowest BCUT2D eigenvalue weighted by Crippen LogP contribution is -2.26. The molecule has 134 valence electrons. The molecule has 2 aromatic rings. The van der Waals surface area contributed by atoms with Crippen molar-refractivity contribution in [3.8, 4) is 5.75 Å². The van der Waals surface area contributed by atoms with E-state index in [4.69, 9.17) is 4.74 Å². The minimum Gasteiger partial charge on any atom is -0.494 e. The smallest absolute Gasteiger partial charge is 0.230 e. The fourth-order valence-corrected chi connectivity index (χ4v) is 3.52. The molecule has 25 heavy (non-hydrogen) atoms. The van der Waals surface area contributed by atoms with E-state index >= 15 is 0 Å². The number of rotatable bonds is 10. The first-order chi connectivity index (χ1) is 12.2. The van der Waals surface area contributed by atoms with Crippen LogP contribution in [0, 0.1) is 6.92 Å². The summed E-state index contributed by atoms with van der Waals surface area (Å²) < 4.78 is 5.63. The molecule has 2 aromatic carbocycles. The summed E-state index contributed by atoms with van der Waals surface area (Å²) in [6.07, 6.45) is 1.82. The Morgan fingerprint density at radius 2 is 1.80 bits per heavy atom. The van der Waals surface area contributed by atoms with Gasteiger partial charge in [-0.05, 0) is 49.4 Å². The molecule has 0 heterocycles. The second-order valence-corrected chi connectivity index (χ2v) is 6.90. The Hall–Kier alpha value is -1.94. The molecular formula is C21H27NO2S. The van der Waals surface area contributed by atoms with Crippen LogP contribution in [-0.2, 0) is 17.0 Å². The van der Waals surface area contributed by atoms with Gasteiger partial charge >= 0.3 is 0 Å². The van der Waals surface area contributed by atoms with Crippen molar-refractivity contribution < 1.29 is 9.53 Å². The zero-order chi connectivity index (χ0) is 17.9. The van der Waals surface area contributed by atoms with Crippen LogP contribution < -0.4 is 10.1 Å². The molecule has 0 saturated heterocycles. The van der Waals surface area contributed by atoms with E-state index in [0.29, 0.717) is 18.9 Å². The van der Waals surface area contributed by atoms with Gasteiger partial charge in [0.25, 0.3) is 0 Å². The monoisotopic (exact) mass is 357 g/mol. The van der Waals surface area contributed by atoms with E-state index in [1.54, 1.807) is 11.8 Å². The van der Waals surface area contributed by atoms with Crippen LogP contribution in [0.3, 0.4) is 0 Å². The summed E-state index contributed by atoms with van der Waals surface area (Å²) in [5.41, 5.74) is 3.78. The number of amides is 1. The number of hydrogen-bond acceptors (Lipinski definition) is 3. The highest BCUT2D eigenvalue weighted by Gasteiger charge is 2.05. The number of hydrogen-bond donors (Lipinski definition) is 1. The topological polar surface area (TPSA) is 38.3 Å². The van der Waals surface area contributed by atoms with Crippen molar-refractivity contribution in [2.75, 3.05) is 18.9 Å². The Labute approximate surface area is 155 Å². The molecule has 3 nitrogen and oxygen atoms in total. The van der Waals surface area contributed by atoms with Gasteiger partial charge in [-0.25, -0.2) is 0 Å². The van der Waals surface area contributed by atoms with Crippen LogP contribution in [0.2, 0.25) is 0 Å². The Balaban J connectivity index is 1.63. The van der Waals surface area contributed by atoms with Crippen molar-refractivity contribution >= 4 is 17.7 Å². The Morgan fingerprint density at radius 1 is 1.08 bits per heavy atom. The van der Waals surface area contributed by atoms with E-state index in [-0.39, 0.29) is 5.91 Å². The number of carbonyl (C=O) groups excluding carboxylic acids is 1. The first-order valence-electron chi connectivity index (χ1n) is 8.80. The van der Waals surface area contributed by atoms with Crippen molar-refractivity contribution in [1.82, 2.24) is 5.32 Å². The largest absolute Gasteiger partial charge is 0.494 e. The van der Waals surface area contributed by atoms with Gasteiger partial charge in [-0.1, -0.05) is 42.5 Å². The Bertz CT molecular complexity index is 672. The van der Waals surface area contributed by atoms with Gasteiger partial charge < -0.3 is 10.1 Å². The highest BCUT2D eigenvalue weighted by Crippen LogP contribution is 2.19. The predicted molar refractivity (Wildman–Crippen MR) is 106 cm³/mol. The Kier molecular flexibility index (Phi) is 8.40. The fourth-order valence-electron chi connectivity index (χ4n) is 2.59. The molecule has 0 aliphatic rings. The van der Waals surface area contributed by atoms with Gasteiger partial charge in [0, 0.05) is 12.3 Å². The van der Waals surface area contributed by atoms with E-state index in [9.17, 15) is 4.79 Å². The summed E-state index contributed by atoms with van der Waals surface area (Å²) >= 11 is 1.66. The summed E-state index contributed by atoms with van der Waals surface area (Å²) in [7, 11) is 0. The first kappa shape index (κ1) is 19.4. The van der Waals surface area contributed by atoms with Gasteiger partial charge in [-0.15, -0.1) is 11.8 Å². The lowest BCUT2D eigenvalue weighted by molar-refractivity contribution is -0.118. The molecule has 0 radical (unpaired) electrons. The maximum absolute atomic E-state index is 11.9. The molecule has 0 atom stereocenters. The lowest BCUT2D eigenvalue weighted by atomic mass is 10.1. The van der Waals surface area contributed by atoms with Gasteiger partial charge in [0.15, 0.2) is 0 Å². The molecule has 2 rings (SSSR count). The third kappa shape index (κ3) is 6.83. The van der Waals surface area contributed by atoms with Crippen LogP contribution in [0.4, 0.5) is 0 Å². The summed E-state index contributed by atoms with van der Waals surface area (Å²) in [5, 5.41) is 3.00. The maximum atomic E-state index is 11.9. The van der Waals surface area contributed by atoms with Crippen LogP contribution >= 0.6 is 11.8 Å². The predicted octanol–water partition coefficient (Wildman–Crippen LogP) is 4.38. The van der Waals surface area contributed by atoms with Crippen molar-refractivity contribution in [2.24, 2.45) is 0 Å². The summed E-state index contributed by atoms with van der Waals surface area (Å²) in [4.78, 5) is 11.9. The number of ether oxygens (including phenoxy) is 1. The van der Waals surface area contributed by atoms with Crippen molar-refractivity contribution in [3.05, 3.63) is 65.2 Å². The summed E-state index contributed by atoms with van der Waals surface area (Å²) in [5.74, 6) is 2.44. The number of benzene rings is 2. The quantitative estimate of drug-likeness (QED) is 0.642. The zero-order valence-electron chi connectivity index (χ0n) is 15.1. The molecule has 0 fully saturated rings. The van der Waals surface area contributed by atoms with Crippen molar-refractivity contribution in [1.29, 1.82) is 0 Å². The fraction of sp³-hybridized carbons (Fsp3) is 0.381. The molecule has 0 saturated carbocycles. The highest BCUT2D eigenvalue weighted by atomic mass is 32.2. The third-order valence-electron chi connectivity index (χ3n) is 3.97. The molecule has 0 spiro atoms. The van der Waals surface area contributed by atoms with Crippen molar-refractivity contribution in [3.63, 3.8) is 0 Å². The molecule has 1 N–H and O–H groups in total. The molecule has 0 bridgehead atoms. The average molecular weight is 358 g/mol. The molecule has 0 aliphatic heterocycles. The Morgan fingerprint density at radius 3 is 2.56 bits per heavy atom. The zero-order valence-corrected chi connectivity index (χ0v) is 15.9. The maximum Gasteiger partial charge on any atom is 0.230 e. The van der Waals surface area contributed by atoms with Gasteiger partial charge in [0.05, 0.1) is 12.4 Å². The van der Waals surface area contributed by atoms with E-state index < -0.39 is 0 Å². The van der Waals surface area contributed by atoms with Gasteiger partial charge in [0.1, 0.15) is 5.75 Å². The highest BCUT2D eigenvalue weighted by molar-refractivity contribution is 7.99. The molecule has 0 aliphatic carbocycles. The second kappa shape index (κ2) is 10.8. The summed E-state index contributed by atoms with van der Waals surface area (Å²) in [6.45, 7) is 5.47. The van der Waals surface area contributed by atoms with E-state index in [1.807, 2.05) is 37.3 Å². The standard InChI is InChI=1S/C21H27NO2S/c1-3-24-20-13-7-6-10-18(20)12-8-14-22-21(23)16-25-15-19-11-5-4-9-17(19)2/h4-7,9-11,13H,3,8,12,14-16H2,1-2H3,(H,22,23). The van der Waals surface area contributed by atoms with Gasteiger partial charge in [0.2, 0.25) is 5.91 Å². The minimum absolute atomic E-state index is 0.108.